The number of aryl methyl sites for hydroxylation is 2. The number of amides is 1. The highest BCUT2D eigenvalue weighted by molar-refractivity contribution is 7.88. The van der Waals surface area contributed by atoms with Gasteiger partial charge in [-0.25, -0.2) is 8.42 Å². The summed E-state index contributed by atoms with van der Waals surface area (Å²) in [4.78, 5) is 13.7. The van der Waals surface area contributed by atoms with Crippen molar-refractivity contribution in [2.75, 3.05) is 6.26 Å². The van der Waals surface area contributed by atoms with Crippen molar-refractivity contribution in [3.63, 3.8) is 0 Å². The largest absolute Gasteiger partial charge is 0.349 e. The average Bonchev–Trinajstić information content (AvgIpc) is 3.19. The van der Waals surface area contributed by atoms with Gasteiger partial charge in [0, 0.05) is 36.1 Å². The number of benzene rings is 2. The molecule has 0 unspecified atom stereocenters. The summed E-state index contributed by atoms with van der Waals surface area (Å²) in [5, 5.41) is 4.21. The molecule has 3 aromatic rings. The third-order valence-corrected chi connectivity index (χ3v) is 8.38. The smallest absolute Gasteiger partial charge is 0.254 e. The van der Waals surface area contributed by atoms with Crippen LogP contribution in [0.3, 0.4) is 0 Å². The molecule has 168 valence electrons. The first kappa shape index (κ1) is 21.2. The van der Waals surface area contributed by atoms with E-state index in [1.807, 2.05) is 44.3 Å². The number of nitrogens with zero attached hydrogens (tertiary/aromatic N) is 2. The predicted molar refractivity (Wildman–Crippen MR) is 127 cm³/mol. The summed E-state index contributed by atoms with van der Waals surface area (Å²) in [6, 6.07) is 16.2. The van der Waals surface area contributed by atoms with Crippen molar-refractivity contribution in [3.05, 3.63) is 59.7 Å². The number of carbonyl (C=O) groups excluding carboxylic acids is 1. The van der Waals surface area contributed by atoms with Crippen molar-refractivity contribution in [1.82, 2.24) is 14.2 Å². The van der Waals surface area contributed by atoms with Crippen LogP contribution in [0, 0.1) is 6.92 Å². The minimum atomic E-state index is -3.22. The monoisotopic (exact) mass is 451 g/mol. The van der Waals surface area contributed by atoms with Gasteiger partial charge in [-0.1, -0.05) is 42.0 Å². The second-order valence-corrected chi connectivity index (χ2v) is 11.2. The van der Waals surface area contributed by atoms with Crippen molar-refractivity contribution in [2.45, 2.75) is 50.7 Å². The molecule has 0 aliphatic carbocycles. The predicted octanol–water partition coefficient (Wildman–Crippen LogP) is 3.84. The molecule has 0 saturated carbocycles. The van der Waals surface area contributed by atoms with Crippen LogP contribution in [0.1, 0.15) is 41.6 Å². The zero-order valence-corrected chi connectivity index (χ0v) is 19.5. The van der Waals surface area contributed by atoms with E-state index in [1.54, 1.807) is 4.31 Å². The van der Waals surface area contributed by atoms with Gasteiger partial charge >= 0.3 is 0 Å². The van der Waals surface area contributed by atoms with Crippen LogP contribution in [-0.2, 0) is 17.1 Å². The Morgan fingerprint density at radius 3 is 2.31 bits per heavy atom. The molecule has 3 heterocycles. The fourth-order valence-corrected chi connectivity index (χ4v) is 7.24. The molecule has 2 fully saturated rings. The fraction of sp³-hybridized carbons (Fsp3) is 0.400. The van der Waals surface area contributed by atoms with Gasteiger partial charge in [-0.05, 0) is 50.3 Å². The van der Waals surface area contributed by atoms with E-state index in [-0.39, 0.29) is 24.0 Å². The maximum Gasteiger partial charge on any atom is 0.254 e. The molecule has 7 heteroatoms. The third kappa shape index (κ3) is 3.53. The molecule has 2 aliphatic heterocycles. The molecule has 0 spiro atoms. The normalized spacial score (nSPS) is 23.5. The lowest BCUT2D eigenvalue weighted by atomic mass is 9.98. The molecule has 1 N–H and O–H groups in total. The standard InChI is InChI=1S/C25H29N3O3S/c1-16-9-12-22-21(13-16)23(24(27(22)2)17-7-5-4-6-8-17)25(29)26-18-14-19-10-11-20(15-18)28(19)32(3,30)31/h4-9,12-13,18-20H,10-11,14-15H2,1-3H3,(H,26,29)/t18-,19+,20-. The van der Waals surface area contributed by atoms with Crippen LogP contribution in [0.5, 0.6) is 0 Å². The number of hydrogen-bond acceptors (Lipinski definition) is 3. The Labute approximate surface area is 189 Å². The number of carbonyl (C=O) groups is 1. The van der Waals surface area contributed by atoms with E-state index < -0.39 is 10.0 Å². The first-order valence-corrected chi connectivity index (χ1v) is 13.0. The fourth-order valence-electron chi connectivity index (χ4n) is 5.77. The third-order valence-electron chi connectivity index (χ3n) is 7.01. The van der Waals surface area contributed by atoms with Crippen LogP contribution >= 0.6 is 0 Å². The molecule has 32 heavy (non-hydrogen) atoms. The van der Waals surface area contributed by atoms with Gasteiger partial charge in [0.1, 0.15) is 0 Å². The average molecular weight is 452 g/mol. The van der Waals surface area contributed by atoms with Crippen LogP contribution in [0.25, 0.3) is 22.2 Å². The van der Waals surface area contributed by atoms with E-state index in [2.05, 4.69) is 28.1 Å². The summed E-state index contributed by atoms with van der Waals surface area (Å²) >= 11 is 0. The molecule has 6 nitrogen and oxygen atoms in total. The molecule has 1 aromatic heterocycles. The van der Waals surface area contributed by atoms with Gasteiger partial charge < -0.3 is 9.88 Å². The van der Waals surface area contributed by atoms with Crippen LogP contribution in [-0.4, -0.2) is 47.6 Å². The second-order valence-electron chi connectivity index (χ2n) is 9.29. The maximum absolute atomic E-state index is 13.7. The SMILES string of the molecule is Cc1ccc2c(c1)c(C(=O)N[C@H]1C[C@H]3CC[C@@H](C1)N3S(C)(=O)=O)c(-c1ccccc1)n2C. The summed E-state index contributed by atoms with van der Waals surface area (Å²) < 4.78 is 28.2. The Bertz CT molecular complexity index is 1280. The second kappa shape index (κ2) is 7.74. The lowest BCUT2D eigenvalue weighted by Crippen LogP contribution is -2.52. The van der Waals surface area contributed by atoms with E-state index in [4.69, 9.17) is 0 Å². The summed E-state index contributed by atoms with van der Waals surface area (Å²) in [5.74, 6) is -0.0859. The van der Waals surface area contributed by atoms with Crippen LogP contribution in [0.4, 0.5) is 0 Å². The van der Waals surface area contributed by atoms with Crippen molar-refractivity contribution in [1.29, 1.82) is 0 Å². The highest BCUT2D eigenvalue weighted by Gasteiger charge is 2.45. The quantitative estimate of drug-likeness (QED) is 0.655. The number of aromatic nitrogens is 1. The molecular formula is C25H29N3O3S. The van der Waals surface area contributed by atoms with Crippen molar-refractivity contribution >= 4 is 26.8 Å². The highest BCUT2D eigenvalue weighted by Crippen LogP contribution is 2.38. The number of sulfonamides is 1. The molecule has 2 aliphatic rings. The minimum absolute atomic E-state index is 0.0163. The summed E-state index contributed by atoms with van der Waals surface area (Å²) in [6.45, 7) is 2.04. The lowest BCUT2D eigenvalue weighted by molar-refractivity contribution is 0.0911. The number of piperidine rings is 1. The molecule has 5 rings (SSSR count). The maximum atomic E-state index is 13.7. The molecular weight excluding hydrogens is 422 g/mol. The van der Waals surface area contributed by atoms with Gasteiger partial charge in [-0.15, -0.1) is 0 Å². The zero-order valence-electron chi connectivity index (χ0n) is 18.7. The first-order valence-electron chi connectivity index (χ1n) is 11.2. The van der Waals surface area contributed by atoms with Crippen molar-refractivity contribution in [3.8, 4) is 11.3 Å². The Balaban J connectivity index is 1.51. The molecule has 2 saturated heterocycles. The number of nitrogens with one attached hydrogen (secondary N) is 1. The number of rotatable bonds is 4. The van der Waals surface area contributed by atoms with E-state index in [0.717, 1.165) is 40.6 Å². The Morgan fingerprint density at radius 1 is 1.03 bits per heavy atom. The zero-order chi connectivity index (χ0) is 22.6. The van der Waals surface area contributed by atoms with E-state index in [9.17, 15) is 13.2 Å². The number of hydrogen-bond donors (Lipinski definition) is 1. The van der Waals surface area contributed by atoms with Gasteiger partial charge in [0.05, 0.1) is 17.5 Å². The van der Waals surface area contributed by atoms with Crippen LogP contribution in [0.15, 0.2) is 48.5 Å². The molecule has 2 bridgehead atoms. The van der Waals surface area contributed by atoms with Crippen molar-refractivity contribution in [2.24, 2.45) is 7.05 Å². The summed E-state index contributed by atoms with van der Waals surface area (Å²) in [6.07, 6.45) is 4.36. The lowest BCUT2D eigenvalue weighted by Gasteiger charge is -2.37. The van der Waals surface area contributed by atoms with E-state index >= 15 is 0 Å². The molecule has 0 radical (unpaired) electrons. The molecule has 2 aromatic carbocycles. The minimum Gasteiger partial charge on any atom is -0.349 e. The molecule has 3 atom stereocenters. The summed E-state index contributed by atoms with van der Waals surface area (Å²) in [7, 11) is -1.22. The Hall–Kier alpha value is -2.64. The van der Waals surface area contributed by atoms with Gasteiger partial charge in [-0.2, -0.15) is 4.31 Å². The van der Waals surface area contributed by atoms with Gasteiger partial charge in [0.25, 0.3) is 5.91 Å². The Kier molecular flexibility index (Phi) is 5.13. The Morgan fingerprint density at radius 2 is 1.69 bits per heavy atom. The van der Waals surface area contributed by atoms with Crippen molar-refractivity contribution < 1.29 is 13.2 Å². The van der Waals surface area contributed by atoms with E-state index in [0.29, 0.717) is 18.4 Å². The van der Waals surface area contributed by atoms with Crippen LogP contribution < -0.4 is 5.32 Å². The number of fused-ring (bicyclic) bond motifs is 3. The highest BCUT2D eigenvalue weighted by atomic mass is 32.2. The topological polar surface area (TPSA) is 71.4 Å². The van der Waals surface area contributed by atoms with Gasteiger partial charge in [0.15, 0.2) is 0 Å². The van der Waals surface area contributed by atoms with E-state index in [1.165, 1.54) is 6.26 Å². The molecule has 1 amide bonds. The first-order chi connectivity index (χ1) is 15.2. The van der Waals surface area contributed by atoms with Gasteiger partial charge in [-0.3, -0.25) is 4.79 Å². The van der Waals surface area contributed by atoms with Crippen LogP contribution in [0.2, 0.25) is 0 Å². The van der Waals surface area contributed by atoms with Gasteiger partial charge in [0.2, 0.25) is 10.0 Å². The summed E-state index contributed by atoms with van der Waals surface area (Å²) in [5.41, 5.74) is 4.72.